The minimum absolute atomic E-state index is 0.179. The van der Waals surface area contributed by atoms with Gasteiger partial charge < -0.3 is 9.47 Å². The highest BCUT2D eigenvalue weighted by atomic mass is 35.5. The number of Topliss-reactive ketones (excluding diaryl/α,β-unsaturated/α-hetero) is 1. The van der Waals surface area contributed by atoms with Gasteiger partial charge in [-0.2, -0.15) is 0 Å². The molecule has 2 rings (SSSR count). The van der Waals surface area contributed by atoms with Crippen molar-refractivity contribution in [3.8, 4) is 0 Å². The van der Waals surface area contributed by atoms with Gasteiger partial charge in [0.25, 0.3) is 0 Å². The third-order valence-corrected chi connectivity index (χ3v) is 8.39. The average molecular weight is 435 g/mol. The molecular weight excluding hydrogens is 395 g/mol. The van der Waals surface area contributed by atoms with E-state index in [1.165, 1.54) is 0 Å². The fourth-order valence-electron chi connectivity index (χ4n) is 6.03. The van der Waals surface area contributed by atoms with Crippen LogP contribution in [0.25, 0.3) is 0 Å². The summed E-state index contributed by atoms with van der Waals surface area (Å²) in [6.07, 6.45) is 3.37. The second kappa shape index (κ2) is 9.12. The van der Waals surface area contributed by atoms with Crippen molar-refractivity contribution in [1.82, 2.24) is 0 Å². The Morgan fingerprint density at radius 1 is 0.821 bits per heavy atom. The lowest BCUT2D eigenvalue weighted by molar-refractivity contribution is -0.122. The number of ether oxygens (including phenoxy) is 2. The van der Waals surface area contributed by atoms with E-state index < -0.39 is 0 Å². The standard InChI is InChI=1S/C23H40Cl2O3/c1-13-16(18(22(3,4)24)11-20(13)27-7)9-15(26)10-17-14(2)21(28-8)12-19(17)23(5,6)25/h13-14,16-21H,9-12H2,1-8H3/t13-,14-,16-,17-,18-,19-,20-,21-/m1/s1. The maximum Gasteiger partial charge on any atom is 0.133 e. The van der Waals surface area contributed by atoms with Crippen LogP contribution < -0.4 is 0 Å². The number of hydrogen-bond acceptors (Lipinski definition) is 3. The number of hydrogen-bond donors (Lipinski definition) is 0. The lowest BCUT2D eigenvalue weighted by Crippen LogP contribution is -2.33. The normalized spacial score (nSPS) is 39.5. The molecule has 2 saturated carbocycles. The third-order valence-electron chi connectivity index (χ3n) is 7.83. The Balaban J connectivity index is 2.12. The fourth-order valence-corrected chi connectivity index (χ4v) is 6.53. The number of halogens is 2. The van der Waals surface area contributed by atoms with Crippen molar-refractivity contribution in [3.05, 3.63) is 0 Å². The highest BCUT2D eigenvalue weighted by Crippen LogP contribution is 2.50. The number of rotatable bonds is 8. The molecule has 0 unspecified atom stereocenters. The van der Waals surface area contributed by atoms with Gasteiger partial charge in [-0.3, -0.25) is 4.79 Å². The topological polar surface area (TPSA) is 35.5 Å². The van der Waals surface area contributed by atoms with Crippen molar-refractivity contribution >= 4 is 29.0 Å². The van der Waals surface area contributed by atoms with Crippen LogP contribution in [-0.4, -0.2) is 42.0 Å². The first-order chi connectivity index (χ1) is 12.8. The van der Waals surface area contributed by atoms with Crippen LogP contribution in [0.4, 0.5) is 0 Å². The van der Waals surface area contributed by atoms with Gasteiger partial charge in [0.05, 0.1) is 12.2 Å². The SMILES string of the molecule is CO[C@@H]1C[C@@H](C(C)(C)Cl)[C@H](CC(=O)C[C@@H]2[C@@H](C)[C@H](OC)C[C@H]2C(C)(C)Cl)[C@H]1C. The third kappa shape index (κ3) is 5.25. The molecule has 0 amide bonds. The van der Waals surface area contributed by atoms with E-state index in [-0.39, 0.29) is 45.6 Å². The van der Waals surface area contributed by atoms with Crippen molar-refractivity contribution in [3.63, 3.8) is 0 Å². The molecule has 3 nitrogen and oxygen atoms in total. The summed E-state index contributed by atoms with van der Waals surface area (Å²) in [5.41, 5.74) is 0. The summed E-state index contributed by atoms with van der Waals surface area (Å²) in [4.78, 5) is 12.5. The van der Waals surface area contributed by atoms with Crippen molar-refractivity contribution in [2.75, 3.05) is 14.2 Å². The van der Waals surface area contributed by atoms with Crippen molar-refractivity contribution in [1.29, 1.82) is 0 Å². The van der Waals surface area contributed by atoms with E-state index in [0.29, 0.717) is 30.5 Å². The summed E-state index contributed by atoms with van der Waals surface area (Å²) >= 11 is 13.4. The van der Waals surface area contributed by atoms with Crippen LogP contribution in [0.1, 0.15) is 67.2 Å². The molecule has 164 valence electrons. The number of alkyl halides is 2. The average Bonchev–Trinajstić information content (AvgIpc) is 3.05. The van der Waals surface area contributed by atoms with Crippen LogP contribution >= 0.6 is 23.2 Å². The summed E-state index contributed by atoms with van der Waals surface area (Å²) in [7, 11) is 3.53. The van der Waals surface area contributed by atoms with E-state index in [2.05, 4.69) is 41.5 Å². The first-order valence-corrected chi connectivity index (χ1v) is 11.5. The van der Waals surface area contributed by atoms with Crippen LogP contribution in [0.2, 0.25) is 0 Å². The van der Waals surface area contributed by atoms with Gasteiger partial charge >= 0.3 is 0 Å². The number of carbonyl (C=O) groups excluding carboxylic acids is 1. The molecule has 2 aliphatic rings. The number of ketones is 1. The molecule has 0 aromatic carbocycles. The molecule has 0 N–H and O–H groups in total. The first-order valence-electron chi connectivity index (χ1n) is 10.8. The molecule has 0 heterocycles. The zero-order valence-corrected chi connectivity index (χ0v) is 20.4. The number of methoxy groups -OCH3 is 2. The molecule has 0 spiro atoms. The summed E-state index contributed by atoms with van der Waals surface area (Å²) in [6.45, 7) is 12.7. The summed E-state index contributed by atoms with van der Waals surface area (Å²) in [6, 6.07) is 0. The van der Waals surface area contributed by atoms with Gasteiger partial charge in [-0.05, 0) is 76.0 Å². The van der Waals surface area contributed by atoms with E-state index in [4.69, 9.17) is 32.7 Å². The Bertz CT molecular complexity index is 491. The van der Waals surface area contributed by atoms with Crippen LogP contribution in [0, 0.1) is 35.5 Å². The monoisotopic (exact) mass is 434 g/mol. The molecule has 0 aromatic rings. The zero-order valence-electron chi connectivity index (χ0n) is 18.9. The lowest BCUT2D eigenvalue weighted by atomic mass is 9.75. The molecular formula is C23H40Cl2O3. The van der Waals surface area contributed by atoms with Gasteiger partial charge in [-0.15, -0.1) is 23.2 Å². The Morgan fingerprint density at radius 3 is 1.39 bits per heavy atom. The van der Waals surface area contributed by atoms with E-state index >= 15 is 0 Å². The van der Waals surface area contributed by atoms with Gasteiger partial charge in [0.2, 0.25) is 0 Å². The molecule has 2 fully saturated rings. The predicted molar refractivity (Wildman–Crippen MR) is 117 cm³/mol. The van der Waals surface area contributed by atoms with Gasteiger partial charge in [-0.25, -0.2) is 0 Å². The van der Waals surface area contributed by atoms with E-state index in [9.17, 15) is 4.79 Å². The molecule has 2 aliphatic carbocycles. The molecule has 5 heteroatoms. The van der Waals surface area contributed by atoms with Crippen molar-refractivity contribution in [2.24, 2.45) is 35.5 Å². The van der Waals surface area contributed by atoms with Gasteiger partial charge in [0, 0.05) is 36.8 Å². The van der Waals surface area contributed by atoms with Crippen LogP contribution in [0.5, 0.6) is 0 Å². The summed E-state index contributed by atoms with van der Waals surface area (Å²) in [5.74, 6) is 2.11. The Kier molecular flexibility index (Phi) is 7.96. The van der Waals surface area contributed by atoms with Gasteiger partial charge in [0.15, 0.2) is 0 Å². The minimum Gasteiger partial charge on any atom is -0.381 e. The Hall–Kier alpha value is 0.170. The first kappa shape index (κ1) is 24.4. The lowest BCUT2D eigenvalue weighted by Gasteiger charge is -2.33. The number of carbonyl (C=O) groups is 1. The Labute approximate surface area is 182 Å². The van der Waals surface area contributed by atoms with E-state index in [1.807, 2.05) is 0 Å². The van der Waals surface area contributed by atoms with Gasteiger partial charge in [0.1, 0.15) is 5.78 Å². The molecule has 0 aliphatic heterocycles. The molecule has 0 saturated heterocycles. The smallest absolute Gasteiger partial charge is 0.133 e. The van der Waals surface area contributed by atoms with Gasteiger partial charge in [-0.1, -0.05) is 13.8 Å². The molecule has 8 atom stereocenters. The minimum atomic E-state index is -0.338. The van der Waals surface area contributed by atoms with E-state index in [0.717, 1.165) is 12.8 Å². The van der Waals surface area contributed by atoms with Crippen LogP contribution in [-0.2, 0) is 14.3 Å². The molecule has 0 aromatic heterocycles. The second-order valence-corrected chi connectivity index (χ2v) is 12.3. The van der Waals surface area contributed by atoms with Crippen LogP contribution in [0.3, 0.4) is 0 Å². The summed E-state index contributed by atoms with van der Waals surface area (Å²) < 4.78 is 11.4. The highest BCUT2D eigenvalue weighted by molar-refractivity contribution is 6.24. The largest absolute Gasteiger partial charge is 0.381 e. The maximum absolute atomic E-state index is 13.2. The molecule has 28 heavy (non-hydrogen) atoms. The molecule has 0 bridgehead atoms. The quantitative estimate of drug-likeness (QED) is 0.442. The van der Waals surface area contributed by atoms with E-state index in [1.54, 1.807) is 14.2 Å². The second-order valence-electron chi connectivity index (χ2n) is 10.4. The predicted octanol–water partition coefficient (Wildman–Crippen LogP) is 5.94. The maximum atomic E-state index is 13.2. The summed E-state index contributed by atoms with van der Waals surface area (Å²) in [5, 5.41) is 0. The van der Waals surface area contributed by atoms with Crippen molar-refractivity contribution in [2.45, 2.75) is 89.2 Å². The van der Waals surface area contributed by atoms with Crippen LogP contribution in [0.15, 0.2) is 0 Å². The zero-order chi connectivity index (χ0) is 21.4. The fraction of sp³-hybridized carbons (Fsp3) is 0.957. The Morgan fingerprint density at radius 2 is 1.14 bits per heavy atom. The highest BCUT2D eigenvalue weighted by Gasteiger charge is 2.50. The molecule has 0 radical (unpaired) electrons. The van der Waals surface area contributed by atoms with Crippen molar-refractivity contribution < 1.29 is 14.3 Å².